The number of carbonyl (C=O) groups excluding carboxylic acids is 2. The molecular weight excluding hydrogens is 390 g/mol. The molecule has 2 amide bonds. The topological polar surface area (TPSA) is 88.9 Å². The number of hydrogen-bond donors (Lipinski definition) is 2. The summed E-state index contributed by atoms with van der Waals surface area (Å²) in [5.74, 6) is -0.699. The molecule has 0 aliphatic carbocycles. The predicted molar refractivity (Wildman–Crippen MR) is 118 cm³/mol. The molecule has 1 aromatic heterocycles. The standard InChI is InChI=1S/C24H21N5O2/c30-23(25-15-18-9-3-1-4-10-18)20-13-7-8-14-21(20)26-24(31)22-17-29(28-27-22)16-19-11-5-2-6-12-19/h1-14,17H,15-16H2,(H,25,30)(H,26,31). The van der Waals surface area contributed by atoms with Crippen LogP contribution in [0.4, 0.5) is 5.69 Å². The van der Waals surface area contributed by atoms with E-state index in [2.05, 4.69) is 20.9 Å². The van der Waals surface area contributed by atoms with E-state index in [-0.39, 0.29) is 11.6 Å². The summed E-state index contributed by atoms with van der Waals surface area (Å²) in [7, 11) is 0. The molecule has 4 aromatic rings. The molecule has 31 heavy (non-hydrogen) atoms. The molecule has 0 saturated heterocycles. The second kappa shape index (κ2) is 9.49. The third-order valence-electron chi connectivity index (χ3n) is 4.67. The average Bonchev–Trinajstić information content (AvgIpc) is 3.28. The van der Waals surface area contributed by atoms with Crippen LogP contribution in [0.3, 0.4) is 0 Å². The van der Waals surface area contributed by atoms with Gasteiger partial charge < -0.3 is 10.6 Å². The molecule has 0 unspecified atom stereocenters. The summed E-state index contributed by atoms with van der Waals surface area (Å²) in [6.45, 7) is 0.912. The van der Waals surface area contributed by atoms with Crippen molar-refractivity contribution in [2.24, 2.45) is 0 Å². The molecule has 0 aliphatic heterocycles. The number of amides is 2. The molecule has 0 fully saturated rings. The van der Waals surface area contributed by atoms with E-state index in [1.54, 1.807) is 35.1 Å². The molecule has 0 spiro atoms. The van der Waals surface area contributed by atoms with Crippen LogP contribution in [-0.2, 0) is 13.1 Å². The second-order valence-electron chi connectivity index (χ2n) is 6.95. The minimum absolute atomic E-state index is 0.176. The molecule has 2 N–H and O–H groups in total. The van der Waals surface area contributed by atoms with Crippen LogP contribution in [0.15, 0.2) is 91.1 Å². The van der Waals surface area contributed by atoms with Crippen molar-refractivity contribution in [1.82, 2.24) is 20.3 Å². The number of hydrogen-bond acceptors (Lipinski definition) is 4. The molecule has 0 aliphatic rings. The fourth-order valence-corrected chi connectivity index (χ4v) is 3.10. The van der Waals surface area contributed by atoms with Crippen molar-refractivity contribution in [1.29, 1.82) is 0 Å². The number of nitrogens with zero attached hydrogens (tertiary/aromatic N) is 3. The Morgan fingerprint density at radius 2 is 1.42 bits per heavy atom. The number of carbonyl (C=O) groups is 2. The molecule has 1 heterocycles. The molecule has 7 heteroatoms. The Kier molecular flexibility index (Phi) is 6.13. The van der Waals surface area contributed by atoms with Gasteiger partial charge in [0.1, 0.15) is 0 Å². The van der Waals surface area contributed by atoms with E-state index in [1.165, 1.54) is 0 Å². The Bertz CT molecular complexity index is 1170. The average molecular weight is 411 g/mol. The quantitative estimate of drug-likeness (QED) is 0.487. The van der Waals surface area contributed by atoms with Gasteiger partial charge in [0.2, 0.25) is 0 Å². The van der Waals surface area contributed by atoms with E-state index in [9.17, 15) is 9.59 Å². The zero-order chi connectivity index (χ0) is 21.5. The maximum absolute atomic E-state index is 12.7. The Balaban J connectivity index is 1.42. The van der Waals surface area contributed by atoms with Gasteiger partial charge in [-0.15, -0.1) is 5.10 Å². The van der Waals surface area contributed by atoms with Gasteiger partial charge in [0.15, 0.2) is 5.69 Å². The van der Waals surface area contributed by atoms with Gasteiger partial charge in [0.25, 0.3) is 11.8 Å². The smallest absolute Gasteiger partial charge is 0.277 e. The third-order valence-corrected chi connectivity index (χ3v) is 4.67. The van der Waals surface area contributed by atoms with Crippen LogP contribution in [-0.4, -0.2) is 26.8 Å². The predicted octanol–water partition coefficient (Wildman–Crippen LogP) is 3.51. The van der Waals surface area contributed by atoms with Crippen molar-refractivity contribution >= 4 is 17.5 Å². The van der Waals surface area contributed by atoms with Gasteiger partial charge in [0.05, 0.1) is 24.0 Å². The van der Waals surface area contributed by atoms with Gasteiger partial charge in [-0.05, 0) is 23.3 Å². The summed E-state index contributed by atoms with van der Waals surface area (Å²) in [6, 6.07) is 26.3. The summed E-state index contributed by atoms with van der Waals surface area (Å²) < 4.78 is 1.60. The number of rotatable bonds is 7. The minimum Gasteiger partial charge on any atom is -0.348 e. The summed E-state index contributed by atoms with van der Waals surface area (Å²) >= 11 is 0. The van der Waals surface area contributed by atoms with Crippen LogP contribution in [0.5, 0.6) is 0 Å². The SMILES string of the molecule is O=C(Nc1ccccc1C(=O)NCc1ccccc1)c1cn(Cc2ccccc2)nn1. The fraction of sp³-hybridized carbons (Fsp3) is 0.0833. The van der Waals surface area contributed by atoms with Gasteiger partial charge in [-0.2, -0.15) is 0 Å². The highest BCUT2D eigenvalue weighted by Crippen LogP contribution is 2.16. The first-order chi connectivity index (χ1) is 15.2. The molecule has 0 bridgehead atoms. The molecule has 4 rings (SSSR count). The first-order valence-electron chi connectivity index (χ1n) is 9.85. The van der Waals surface area contributed by atoms with Crippen LogP contribution in [0.2, 0.25) is 0 Å². The Labute approximate surface area is 179 Å². The van der Waals surface area contributed by atoms with E-state index >= 15 is 0 Å². The first kappa shape index (κ1) is 20.0. The van der Waals surface area contributed by atoms with Crippen molar-refractivity contribution in [3.8, 4) is 0 Å². The maximum Gasteiger partial charge on any atom is 0.277 e. The molecule has 0 atom stereocenters. The van der Waals surface area contributed by atoms with E-state index < -0.39 is 5.91 Å². The lowest BCUT2D eigenvalue weighted by Gasteiger charge is -2.11. The fourth-order valence-electron chi connectivity index (χ4n) is 3.10. The summed E-state index contributed by atoms with van der Waals surface area (Å²) in [6.07, 6.45) is 1.58. The molecule has 7 nitrogen and oxygen atoms in total. The zero-order valence-electron chi connectivity index (χ0n) is 16.7. The highest BCUT2D eigenvalue weighted by Gasteiger charge is 2.16. The lowest BCUT2D eigenvalue weighted by molar-refractivity contribution is 0.0952. The number of para-hydroxylation sites is 1. The largest absolute Gasteiger partial charge is 0.348 e. The highest BCUT2D eigenvalue weighted by atomic mass is 16.2. The zero-order valence-corrected chi connectivity index (χ0v) is 16.7. The summed E-state index contributed by atoms with van der Waals surface area (Å²) in [4.78, 5) is 25.3. The van der Waals surface area contributed by atoms with Gasteiger partial charge in [-0.1, -0.05) is 78.0 Å². The van der Waals surface area contributed by atoms with Gasteiger partial charge >= 0.3 is 0 Å². The van der Waals surface area contributed by atoms with Crippen molar-refractivity contribution in [3.63, 3.8) is 0 Å². The molecular formula is C24H21N5O2. The van der Waals surface area contributed by atoms with Gasteiger partial charge in [-0.25, -0.2) is 4.68 Å². The Morgan fingerprint density at radius 3 is 2.16 bits per heavy atom. The lowest BCUT2D eigenvalue weighted by Crippen LogP contribution is -2.25. The number of benzene rings is 3. The van der Waals surface area contributed by atoms with Gasteiger partial charge in [0, 0.05) is 6.54 Å². The van der Waals surface area contributed by atoms with Crippen LogP contribution in [0.25, 0.3) is 0 Å². The van der Waals surface area contributed by atoms with E-state index in [4.69, 9.17) is 0 Å². The molecule has 0 saturated carbocycles. The Morgan fingerprint density at radius 1 is 0.774 bits per heavy atom. The summed E-state index contributed by atoms with van der Waals surface area (Å²) in [5, 5.41) is 13.6. The van der Waals surface area contributed by atoms with Crippen molar-refractivity contribution in [3.05, 3.63) is 114 Å². The van der Waals surface area contributed by atoms with E-state index in [1.807, 2.05) is 60.7 Å². The number of aromatic nitrogens is 3. The normalized spacial score (nSPS) is 10.5. The van der Waals surface area contributed by atoms with Crippen LogP contribution < -0.4 is 10.6 Å². The highest BCUT2D eigenvalue weighted by molar-refractivity contribution is 6.08. The maximum atomic E-state index is 12.7. The van der Waals surface area contributed by atoms with Crippen molar-refractivity contribution in [2.45, 2.75) is 13.1 Å². The molecule has 3 aromatic carbocycles. The molecule has 154 valence electrons. The Hall–Kier alpha value is -4.26. The van der Waals surface area contributed by atoms with Crippen molar-refractivity contribution < 1.29 is 9.59 Å². The monoisotopic (exact) mass is 411 g/mol. The van der Waals surface area contributed by atoms with Crippen LogP contribution in [0, 0.1) is 0 Å². The van der Waals surface area contributed by atoms with E-state index in [0.717, 1.165) is 11.1 Å². The molecule has 0 radical (unpaired) electrons. The summed E-state index contributed by atoms with van der Waals surface area (Å²) in [5.41, 5.74) is 3.02. The first-order valence-corrected chi connectivity index (χ1v) is 9.85. The van der Waals surface area contributed by atoms with E-state index in [0.29, 0.717) is 24.3 Å². The number of nitrogens with one attached hydrogen (secondary N) is 2. The van der Waals surface area contributed by atoms with Gasteiger partial charge in [-0.3, -0.25) is 9.59 Å². The third kappa shape index (κ3) is 5.22. The van der Waals surface area contributed by atoms with Crippen molar-refractivity contribution in [2.75, 3.05) is 5.32 Å². The van der Waals surface area contributed by atoms with Crippen LogP contribution in [0.1, 0.15) is 32.0 Å². The lowest BCUT2D eigenvalue weighted by atomic mass is 10.1. The van der Waals surface area contributed by atoms with Crippen LogP contribution >= 0.6 is 0 Å². The number of anilines is 1. The minimum atomic E-state index is -0.428. The second-order valence-corrected chi connectivity index (χ2v) is 6.95.